The summed E-state index contributed by atoms with van der Waals surface area (Å²) in [5, 5.41) is 21.0. The van der Waals surface area contributed by atoms with Gasteiger partial charge in [-0.1, -0.05) is 95.2 Å². The fourth-order valence-electron chi connectivity index (χ4n) is 9.81. The van der Waals surface area contributed by atoms with Gasteiger partial charge in [-0.15, -0.1) is 0 Å². The summed E-state index contributed by atoms with van der Waals surface area (Å²) in [6.07, 6.45) is 7.18. The largest absolute Gasteiger partial charge is 0.374 e. The third-order valence-corrected chi connectivity index (χ3v) is 13.3. The average molecular weight is 609 g/mol. The number of nitrogens with zero attached hydrogens (tertiary/aromatic N) is 2. The highest BCUT2D eigenvalue weighted by Gasteiger charge is 2.69. The summed E-state index contributed by atoms with van der Waals surface area (Å²) in [6, 6.07) is 4.98. The molecule has 4 saturated carbocycles. The highest BCUT2D eigenvalue weighted by atomic mass is 16.6. The van der Waals surface area contributed by atoms with Gasteiger partial charge in [0.05, 0.1) is 73.8 Å². The van der Waals surface area contributed by atoms with E-state index in [1.807, 2.05) is 12.2 Å². The van der Waals surface area contributed by atoms with Crippen LogP contribution < -0.4 is 0 Å². The molecule has 0 N–H and O–H groups in total. The monoisotopic (exact) mass is 608 g/mol. The van der Waals surface area contributed by atoms with Crippen LogP contribution in [0.2, 0.25) is 0 Å². The first-order valence-electron chi connectivity index (χ1n) is 17.2. The maximum absolute atomic E-state index is 10.5. The zero-order valence-electron chi connectivity index (χ0n) is 29.7. The molecule has 4 bridgehead atoms. The normalized spacial score (nSPS) is 45.4. The fourth-order valence-corrected chi connectivity index (χ4v) is 9.81. The highest BCUT2D eigenvalue weighted by Crippen LogP contribution is 2.68. The van der Waals surface area contributed by atoms with Gasteiger partial charge in [0.15, 0.2) is 0 Å². The summed E-state index contributed by atoms with van der Waals surface area (Å²) in [7, 11) is 0. The average Bonchev–Trinajstić information content (AvgIpc) is 3.40. The Balaban J connectivity index is 1.39. The van der Waals surface area contributed by atoms with Crippen molar-refractivity contribution in [1.29, 1.82) is 10.5 Å². The first-order valence-corrected chi connectivity index (χ1v) is 17.2. The molecule has 4 unspecified atom stereocenters. The second-order valence-corrected chi connectivity index (χ2v) is 19.0. The Bertz CT molecular complexity index is 1110. The predicted octanol–water partition coefficient (Wildman–Crippen LogP) is 8.12. The van der Waals surface area contributed by atoms with Crippen LogP contribution in [0.25, 0.3) is 0 Å². The van der Waals surface area contributed by atoms with Crippen molar-refractivity contribution in [3.05, 3.63) is 12.2 Å². The smallest absolute Gasteiger partial charge is 0.0947 e. The van der Waals surface area contributed by atoms with Crippen molar-refractivity contribution >= 4 is 0 Å². The van der Waals surface area contributed by atoms with Crippen LogP contribution in [-0.2, 0) is 18.9 Å². The van der Waals surface area contributed by atoms with Gasteiger partial charge in [0.2, 0.25) is 0 Å². The van der Waals surface area contributed by atoms with E-state index >= 15 is 0 Å². The Morgan fingerprint density at radius 1 is 0.636 bits per heavy atom. The van der Waals surface area contributed by atoms with E-state index < -0.39 is 24.0 Å². The van der Waals surface area contributed by atoms with Crippen molar-refractivity contribution in [2.45, 2.75) is 145 Å². The quantitative estimate of drug-likeness (QED) is 0.259. The molecular formula is C38H60N2O4. The van der Waals surface area contributed by atoms with Gasteiger partial charge >= 0.3 is 0 Å². The number of rotatable bonds is 8. The second kappa shape index (κ2) is 11.1. The number of hydrogen-bond donors (Lipinski definition) is 0. The maximum atomic E-state index is 10.5. The molecule has 0 radical (unpaired) electrons. The van der Waals surface area contributed by atoms with E-state index in [0.29, 0.717) is 25.0 Å². The summed E-state index contributed by atoms with van der Waals surface area (Å²) < 4.78 is 27.3. The Morgan fingerprint density at radius 3 is 1.27 bits per heavy atom. The molecule has 5 aliphatic rings. The molecule has 0 amide bonds. The fraction of sp³-hybridized carbons (Fsp3) is 0.895. The molecule has 0 saturated heterocycles. The maximum Gasteiger partial charge on any atom is 0.0947 e. The molecule has 6 nitrogen and oxygen atoms in total. The van der Waals surface area contributed by atoms with Crippen molar-refractivity contribution in [2.24, 2.45) is 56.2 Å². The van der Waals surface area contributed by atoms with Crippen LogP contribution in [0, 0.1) is 78.8 Å². The topological polar surface area (TPSA) is 84.5 Å². The zero-order chi connectivity index (χ0) is 32.7. The second-order valence-electron chi connectivity index (χ2n) is 19.0. The number of ether oxygens (including phenoxy) is 4. The van der Waals surface area contributed by atoms with Crippen molar-refractivity contribution in [1.82, 2.24) is 0 Å². The molecule has 5 rings (SSSR count). The van der Waals surface area contributed by atoms with E-state index in [0.717, 1.165) is 25.7 Å². The molecule has 246 valence electrons. The third kappa shape index (κ3) is 5.29. The van der Waals surface area contributed by atoms with E-state index in [9.17, 15) is 10.5 Å². The summed E-state index contributed by atoms with van der Waals surface area (Å²) in [5.41, 5.74) is 0.218. The number of nitriles is 2. The summed E-state index contributed by atoms with van der Waals surface area (Å²) >= 11 is 0. The Morgan fingerprint density at radius 2 is 0.977 bits per heavy atom. The lowest BCUT2D eigenvalue weighted by atomic mass is 9.70. The summed E-state index contributed by atoms with van der Waals surface area (Å²) in [4.78, 5) is 0. The molecule has 12 atom stereocenters. The van der Waals surface area contributed by atoms with Gasteiger partial charge in [-0.25, -0.2) is 0 Å². The lowest BCUT2D eigenvalue weighted by Crippen LogP contribution is -2.49. The van der Waals surface area contributed by atoms with Crippen LogP contribution in [0.1, 0.15) is 109 Å². The minimum Gasteiger partial charge on any atom is -0.374 e. The van der Waals surface area contributed by atoms with Crippen LogP contribution in [0.15, 0.2) is 12.2 Å². The first-order chi connectivity index (χ1) is 20.2. The van der Waals surface area contributed by atoms with Gasteiger partial charge in [0.1, 0.15) is 0 Å². The standard InChI is InChI=1S/C38H60N2O4/c1-33(2,3)21-41-31-29(25-15-17-37(31,11)35(25,7)8)43-27-13-14-28(24(20-40)23(27)19-39)44-30-26-16-18-38(12,36(26,9)10)32(30)42-22-34(4,5)6/h13-14,23-32H,15-18,21-22H2,1-12H3/t23-,24-,25-,26-,27-,28+,29?,30?,31?,32?,37-,38-/m0/s1. The Hall–Kier alpha value is -1.44. The van der Waals surface area contributed by atoms with E-state index in [2.05, 4.69) is 95.2 Å². The number of fused-ring (bicyclic) bond motifs is 4. The van der Waals surface area contributed by atoms with Gasteiger partial charge < -0.3 is 18.9 Å². The van der Waals surface area contributed by atoms with Crippen molar-refractivity contribution in [2.75, 3.05) is 13.2 Å². The third-order valence-electron chi connectivity index (χ3n) is 13.3. The molecule has 0 aromatic heterocycles. The van der Waals surface area contributed by atoms with Crippen LogP contribution in [0.3, 0.4) is 0 Å². The van der Waals surface area contributed by atoms with Gasteiger partial charge in [-0.2, -0.15) is 10.5 Å². The molecule has 0 spiro atoms. The molecule has 44 heavy (non-hydrogen) atoms. The Labute approximate surface area is 268 Å². The number of hydrogen-bond acceptors (Lipinski definition) is 6. The minimum absolute atomic E-state index is 0.00114. The first kappa shape index (κ1) is 33.9. The molecule has 0 aromatic carbocycles. The van der Waals surface area contributed by atoms with Crippen LogP contribution in [0.5, 0.6) is 0 Å². The van der Waals surface area contributed by atoms with Crippen LogP contribution in [0.4, 0.5) is 0 Å². The van der Waals surface area contributed by atoms with E-state index in [4.69, 9.17) is 18.9 Å². The molecule has 4 fully saturated rings. The van der Waals surface area contributed by atoms with E-state index in [1.165, 1.54) is 0 Å². The molecule has 0 aliphatic heterocycles. The van der Waals surface area contributed by atoms with Gasteiger partial charge in [-0.05, 0) is 59.2 Å². The minimum atomic E-state index is -0.621. The Kier molecular flexibility index (Phi) is 8.54. The SMILES string of the molecule is CC(C)(C)COC1C(O[C@H]2C=C[C@@H](OC3C(OCC(C)(C)C)[C@]4(C)CC[C@@H]3C4(C)C)[C@@H](C#N)[C@@H]2C#N)[C@@H]2CC[C@]1(C)C2(C)C. The lowest BCUT2D eigenvalue weighted by molar-refractivity contribution is -0.165. The molecule has 5 aliphatic carbocycles. The molecular weight excluding hydrogens is 548 g/mol. The van der Waals surface area contributed by atoms with Gasteiger partial charge in [-0.3, -0.25) is 0 Å². The van der Waals surface area contributed by atoms with E-state index in [1.54, 1.807) is 0 Å². The summed E-state index contributed by atoms with van der Waals surface area (Å²) in [5.74, 6) is -0.552. The highest BCUT2D eigenvalue weighted by molar-refractivity contribution is 5.23. The lowest BCUT2D eigenvalue weighted by Gasteiger charge is -2.43. The van der Waals surface area contributed by atoms with Crippen LogP contribution in [-0.4, -0.2) is 49.8 Å². The van der Waals surface area contributed by atoms with Gasteiger partial charge in [0.25, 0.3) is 0 Å². The predicted molar refractivity (Wildman–Crippen MR) is 172 cm³/mol. The molecule has 0 heterocycles. The van der Waals surface area contributed by atoms with Crippen molar-refractivity contribution in [3.63, 3.8) is 0 Å². The van der Waals surface area contributed by atoms with E-state index in [-0.39, 0.29) is 56.9 Å². The summed E-state index contributed by atoms with van der Waals surface area (Å²) in [6.45, 7) is 28.7. The van der Waals surface area contributed by atoms with Gasteiger partial charge in [0, 0.05) is 10.8 Å². The van der Waals surface area contributed by atoms with Crippen LogP contribution >= 0.6 is 0 Å². The van der Waals surface area contributed by atoms with Crippen molar-refractivity contribution < 1.29 is 18.9 Å². The zero-order valence-corrected chi connectivity index (χ0v) is 29.7. The molecule has 6 heteroatoms. The van der Waals surface area contributed by atoms with Crippen molar-refractivity contribution in [3.8, 4) is 12.1 Å². The molecule has 0 aromatic rings.